The summed E-state index contributed by atoms with van der Waals surface area (Å²) in [5.74, 6) is 0.951. The fourth-order valence-corrected chi connectivity index (χ4v) is 2.06. The van der Waals surface area contributed by atoms with Crippen LogP contribution in [0.4, 0.5) is 0 Å². The van der Waals surface area contributed by atoms with Gasteiger partial charge in [0.1, 0.15) is 12.4 Å². The predicted octanol–water partition coefficient (Wildman–Crippen LogP) is 2.89. The standard InChI is InChI=1S/C16H18NO2.Y/c1-4-11-19-14-8-6-13(7-9-14)15-10-5-12(2)16(18)17(15)3;/h4,6-9,12H,1,5,11H2,2-3H3;/q-1;. The maximum atomic E-state index is 11.9. The Hall–Kier alpha value is -0.926. The van der Waals surface area contributed by atoms with Crippen LogP contribution in [-0.2, 0) is 37.5 Å². The number of hydrogen-bond donors (Lipinski definition) is 0. The van der Waals surface area contributed by atoms with E-state index in [4.69, 9.17) is 4.74 Å². The SMILES string of the molecule is C=CCOc1ccc(C2=[C-]CC(C)C(=O)N2C)cc1.[Y]. The van der Waals surface area contributed by atoms with Crippen molar-refractivity contribution >= 4 is 11.6 Å². The Bertz CT molecular complexity index is 508. The van der Waals surface area contributed by atoms with Gasteiger partial charge in [-0.15, -0.1) is 17.8 Å². The molecule has 3 nitrogen and oxygen atoms in total. The van der Waals surface area contributed by atoms with Gasteiger partial charge in [0, 0.05) is 45.7 Å². The molecule has 20 heavy (non-hydrogen) atoms. The molecule has 4 heteroatoms. The number of carbonyl (C=O) groups excluding carboxylic acids is 1. The second kappa shape index (κ2) is 7.75. The average molecular weight is 345 g/mol. The summed E-state index contributed by atoms with van der Waals surface area (Å²) in [7, 11) is 1.79. The van der Waals surface area contributed by atoms with E-state index in [2.05, 4.69) is 12.7 Å². The van der Waals surface area contributed by atoms with Gasteiger partial charge in [0.05, 0.1) is 0 Å². The largest absolute Gasteiger partial charge is 0.490 e. The summed E-state index contributed by atoms with van der Waals surface area (Å²) in [4.78, 5) is 13.6. The molecule has 103 valence electrons. The van der Waals surface area contributed by atoms with Crippen molar-refractivity contribution in [2.75, 3.05) is 13.7 Å². The fraction of sp³-hybridized carbons (Fsp3) is 0.312. The van der Waals surface area contributed by atoms with Crippen molar-refractivity contribution in [3.8, 4) is 5.75 Å². The molecule has 2 rings (SSSR count). The summed E-state index contributed by atoms with van der Waals surface area (Å²) in [6.45, 7) is 6.02. The minimum Gasteiger partial charge on any atom is -0.490 e. The topological polar surface area (TPSA) is 29.5 Å². The molecule has 1 aromatic rings. The fourth-order valence-electron chi connectivity index (χ4n) is 2.06. The molecule has 0 saturated carbocycles. The van der Waals surface area contributed by atoms with Gasteiger partial charge in [-0.25, -0.2) is 6.08 Å². The third kappa shape index (κ3) is 3.80. The molecular weight excluding hydrogens is 327 g/mol. The van der Waals surface area contributed by atoms with Gasteiger partial charge < -0.3 is 9.64 Å². The van der Waals surface area contributed by atoms with Crippen molar-refractivity contribution < 1.29 is 42.2 Å². The van der Waals surface area contributed by atoms with Crippen LogP contribution in [0.3, 0.4) is 0 Å². The van der Waals surface area contributed by atoms with Crippen molar-refractivity contribution in [3.05, 3.63) is 48.6 Å². The number of carbonyl (C=O) groups is 1. The number of amides is 1. The van der Waals surface area contributed by atoms with Gasteiger partial charge in [-0.1, -0.05) is 26.0 Å². The molecule has 1 atom stereocenters. The van der Waals surface area contributed by atoms with Crippen LogP contribution in [0.2, 0.25) is 0 Å². The van der Waals surface area contributed by atoms with Crippen molar-refractivity contribution in [1.29, 1.82) is 0 Å². The molecule has 1 radical (unpaired) electrons. The molecule has 1 aliphatic rings. The first-order valence-electron chi connectivity index (χ1n) is 6.36. The summed E-state index contributed by atoms with van der Waals surface area (Å²) in [5.41, 5.74) is 1.83. The molecule has 0 saturated heterocycles. The third-order valence-electron chi connectivity index (χ3n) is 3.16. The predicted molar refractivity (Wildman–Crippen MR) is 75.3 cm³/mol. The molecule has 0 fully saturated rings. The van der Waals surface area contributed by atoms with Crippen LogP contribution in [-0.4, -0.2) is 24.5 Å². The molecule has 0 aromatic heterocycles. The first kappa shape index (κ1) is 17.1. The normalized spacial score (nSPS) is 18.1. The van der Waals surface area contributed by atoms with E-state index < -0.39 is 0 Å². The van der Waals surface area contributed by atoms with Gasteiger partial charge in [0.2, 0.25) is 5.91 Å². The van der Waals surface area contributed by atoms with Crippen molar-refractivity contribution in [3.63, 3.8) is 0 Å². The minimum absolute atomic E-state index is 0. The summed E-state index contributed by atoms with van der Waals surface area (Å²) in [6, 6.07) is 7.68. The second-order valence-electron chi connectivity index (χ2n) is 4.65. The summed E-state index contributed by atoms with van der Waals surface area (Å²) < 4.78 is 5.43. The van der Waals surface area contributed by atoms with Crippen molar-refractivity contribution in [1.82, 2.24) is 4.90 Å². The van der Waals surface area contributed by atoms with Gasteiger partial charge >= 0.3 is 0 Å². The molecule has 1 heterocycles. The molecule has 0 spiro atoms. The zero-order chi connectivity index (χ0) is 13.8. The number of allylic oxidation sites excluding steroid dienone is 1. The molecule has 1 aromatic carbocycles. The molecule has 1 unspecified atom stereocenters. The van der Waals surface area contributed by atoms with E-state index in [0.29, 0.717) is 13.0 Å². The molecular formula is C16H18NO2Y-. The Labute approximate surface area is 145 Å². The summed E-state index contributed by atoms with van der Waals surface area (Å²) in [6.07, 6.45) is 5.67. The Morgan fingerprint density at radius 1 is 1.45 bits per heavy atom. The van der Waals surface area contributed by atoms with Crippen LogP contribution >= 0.6 is 0 Å². The van der Waals surface area contributed by atoms with Gasteiger partial charge in [-0.3, -0.25) is 4.79 Å². The summed E-state index contributed by atoms with van der Waals surface area (Å²) in [5, 5.41) is 0. The second-order valence-corrected chi connectivity index (χ2v) is 4.65. The summed E-state index contributed by atoms with van der Waals surface area (Å²) >= 11 is 0. The molecule has 0 aliphatic carbocycles. The Morgan fingerprint density at radius 3 is 2.70 bits per heavy atom. The van der Waals surface area contributed by atoms with Crippen LogP contribution in [0, 0.1) is 12.0 Å². The van der Waals surface area contributed by atoms with Crippen LogP contribution in [0.25, 0.3) is 5.70 Å². The van der Waals surface area contributed by atoms with Crippen LogP contribution in [0.1, 0.15) is 18.9 Å². The van der Waals surface area contributed by atoms with E-state index in [1.807, 2.05) is 31.2 Å². The monoisotopic (exact) mass is 345 g/mol. The molecule has 1 aliphatic heterocycles. The van der Waals surface area contributed by atoms with Crippen LogP contribution < -0.4 is 4.74 Å². The molecule has 0 N–H and O–H groups in total. The Morgan fingerprint density at radius 2 is 2.10 bits per heavy atom. The van der Waals surface area contributed by atoms with E-state index in [-0.39, 0.29) is 44.5 Å². The van der Waals surface area contributed by atoms with Gasteiger partial charge in [-0.2, -0.15) is 5.56 Å². The molecule has 1 amide bonds. The third-order valence-corrected chi connectivity index (χ3v) is 3.16. The Kier molecular flexibility index (Phi) is 6.64. The van der Waals surface area contributed by atoms with Crippen LogP contribution in [0.5, 0.6) is 5.75 Å². The van der Waals surface area contributed by atoms with E-state index >= 15 is 0 Å². The van der Waals surface area contributed by atoms with Gasteiger partial charge in [0.15, 0.2) is 0 Å². The number of nitrogens with zero attached hydrogens (tertiary/aromatic N) is 1. The van der Waals surface area contributed by atoms with Gasteiger partial charge in [0.25, 0.3) is 0 Å². The smallest absolute Gasteiger partial charge is 0.225 e. The maximum Gasteiger partial charge on any atom is 0.225 e. The van der Waals surface area contributed by atoms with Gasteiger partial charge in [-0.05, 0) is 12.1 Å². The number of ether oxygens (including phenoxy) is 1. The average Bonchev–Trinajstić information content (AvgIpc) is 2.44. The van der Waals surface area contributed by atoms with Crippen molar-refractivity contribution in [2.45, 2.75) is 13.3 Å². The quantitative estimate of drug-likeness (QED) is 0.620. The Balaban J connectivity index is 0.00000200. The molecule has 0 bridgehead atoms. The van der Waals surface area contributed by atoms with E-state index in [1.165, 1.54) is 0 Å². The number of benzene rings is 1. The van der Waals surface area contributed by atoms with Crippen molar-refractivity contribution in [2.24, 2.45) is 5.92 Å². The first-order chi connectivity index (χ1) is 9.13. The maximum absolute atomic E-state index is 11.9. The zero-order valence-corrected chi connectivity index (χ0v) is 14.8. The zero-order valence-electron chi connectivity index (χ0n) is 11.9. The first-order valence-corrected chi connectivity index (χ1v) is 6.36. The van der Waals surface area contributed by atoms with E-state index in [9.17, 15) is 4.79 Å². The van der Waals surface area contributed by atoms with E-state index in [0.717, 1.165) is 17.0 Å². The van der Waals surface area contributed by atoms with Crippen LogP contribution in [0.15, 0.2) is 36.9 Å². The number of hydrogen-bond acceptors (Lipinski definition) is 2. The van der Waals surface area contributed by atoms with E-state index in [1.54, 1.807) is 18.0 Å². The number of rotatable bonds is 4. The minimum atomic E-state index is 0.